The lowest BCUT2D eigenvalue weighted by Crippen LogP contribution is -2.51. The van der Waals surface area contributed by atoms with Crippen molar-refractivity contribution < 1.29 is 14.3 Å². The standard InChI is InChI=1S/C23H27N3O3/c27-22(24-20-5-2-1-3-6-20)19-10-8-18(9-11-19)17-25-12-14-26(15-13-25)23(28)21-7-4-16-29-21/h1-3,5-6,8-11,21H,4,7,12-17H2,(H,24,27). The third kappa shape index (κ3) is 5.02. The highest BCUT2D eigenvalue weighted by atomic mass is 16.5. The van der Waals surface area contributed by atoms with Gasteiger partial charge in [0.1, 0.15) is 6.10 Å². The summed E-state index contributed by atoms with van der Waals surface area (Å²) in [7, 11) is 0. The SMILES string of the molecule is O=C(Nc1ccccc1)c1ccc(CN2CCN(C(=O)C3CCCO3)CC2)cc1. The number of amides is 2. The maximum Gasteiger partial charge on any atom is 0.255 e. The van der Waals surface area contributed by atoms with Crippen LogP contribution in [-0.4, -0.2) is 60.5 Å². The first-order chi connectivity index (χ1) is 14.2. The summed E-state index contributed by atoms with van der Waals surface area (Å²) >= 11 is 0. The molecule has 1 N–H and O–H groups in total. The van der Waals surface area contributed by atoms with Crippen molar-refractivity contribution in [3.63, 3.8) is 0 Å². The van der Waals surface area contributed by atoms with E-state index in [1.54, 1.807) is 0 Å². The van der Waals surface area contributed by atoms with E-state index in [0.29, 0.717) is 12.2 Å². The van der Waals surface area contributed by atoms with Crippen LogP contribution in [0.5, 0.6) is 0 Å². The number of nitrogens with one attached hydrogen (secondary N) is 1. The zero-order valence-corrected chi connectivity index (χ0v) is 16.5. The molecule has 2 aliphatic heterocycles. The summed E-state index contributed by atoms with van der Waals surface area (Å²) in [5.74, 6) is 0.0416. The van der Waals surface area contributed by atoms with Crippen LogP contribution in [0, 0.1) is 0 Å². The monoisotopic (exact) mass is 393 g/mol. The van der Waals surface area contributed by atoms with Crippen molar-refractivity contribution in [3.05, 3.63) is 65.7 Å². The molecule has 0 radical (unpaired) electrons. The van der Waals surface area contributed by atoms with Gasteiger partial charge in [0.05, 0.1) is 0 Å². The van der Waals surface area contributed by atoms with Crippen LogP contribution in [0.4, 0.5) is 5.69 Å². The van der Waals surface area contributed by atoms with E-state index in [1.165, 1.54) is 5.56 Å². The van der Waals surface area contributed by atoms with Crippen molar-refractivity contribution in [2.45, 2.75) is 25.5 Å². The zero-order valence-electron chi connectivity index (χ0n) is 16.5. The molecule has 0 saturated carbocycles. The second-order valence-electron chi connectivity index (χ2n) is 7.62. The van der Waals surface area contributed by atoms with Crippen molar-refractivity contribution in [3.8, 4) is 0 Å². The van der Waals surface area contributed by atoms with E-state index in [2.05, 4.69) is 10.2 Å². The van der Waals surface area contributed by atoms with Gasteiger partial charge in [-0.3, -0.25) is 14.5 Å². The molecule has 0 bridgehead atoms. The van der Waals surface area contributed by atoms with Crippen LogP contribution >= 0.6 is 0 Å². The zero-order chi connectivity index (χ0) is 20.1. The number of para-hydroxylation sites is 1. The molecule has 0 aromatic heterocycles. The fraction of sp³-hybridized carbons (Fsp3) is 0.391. The van der Waals surface area contributed by atoms with Gasteiger partial charge in [0.15, 0.2) is 0 Å². The van der Waals surface area contributed by atoms with E-state index in [-0.39, 0.29) is 17.9 Å². The summed E-state index contributed by atoms with van der Waals surface area (Å²) in [6.07, 6.45) is 1.61. The fourth-order valence-electron chi connectivity index (χ4n) is 3.85. The molecule has 6 nitrogen and oxygen atoms in total. The molecule has 1 unspecified atom stereocenters. The van der Waals surface area contributed by atoms with Gasteiger partial charge >= 0.3 is 0 Å². The van der Waals surface area contributed by atoms with Crippen molar-refractivity contribution in [2.75, 3.05) is 38.1 Å². The minimum atomic E-state index is -0.226. The Bertz CT molecular complexity index is 824. The molecule has 2 aromatic carbocycles. The lowest BCUT2D eigenvalue weighted by molar-refractivity contribution is -0.142. The van der Waals surface area contributed by atoms with E-state index < -0.39 is 0 Å². The number of ether oxygens (including phenoxy) is 1. The Morgan fingerprint density at radius 1 is 0.966 bits per heavy atom. The van der Waals surface area contributed by atoms with Gasteiger partial charge in [-0.1, -0.05) is 30.3 Å². The summed E-state index contributed by atoms with van der Waals surface area (Å²) in [5, 5.41) is 2.90. The summed E-state index contributed by atoms with van der Waals surface area (Å²) in [6, 6.07) is 17.2. The van der Waals surface area contributed by atoms with Crippen molar-refractivity contribution >= 4 is 17.5 Å². The Morgan fingerprint density at radius 2 is 1.69 bits per heavy atom. The van der Waals surface area contributed by atoms with Gasteiger partial charge < -0.3 is 15.0 Å². The molecule has 2 aliphatic rings. The fourth-order valence-corrected chi connectivity index (χ4v) is 3.85. The number of rotatable bonds is 5. The van der Waals surface area contributed by atoms with E-state index in [4.69, 9.17) is 4.74 Å². The van der Waals surface area contributed by atoms with Gasteiger partial charge in [-0.15, -0.1) is 0 Å². The Balaban J connectivity index is 1.26. The summed E-state index contributed by atoms with van der Waals surface area (Å²) in [6.45, 7) is 4.73. The molecule has 152 valence electrons. The molecule has 1 atom stereocenters. The first kappa shape index (κ1) is 19.6. The highest BCUT2D eigenvalue weighted by Gasteiger charge is 2.30. The minimum Gasteiger partial charge on any atom is -0.368 e. The van der Waals surface area contributed by atoms with Crippen LogP contribution in [0.15, 0.2) is 54.6 Å². The average molecular weight is 393 g/mol. The number of carbonyl (C=O) groups excluding carboxylic acids is 2. The Hall–Kier alpha value is -2.70. The van der Waals surface area contributed by atoms with Gasteiger partial charge in [-0.05, 0) is 42.7 Å². The second-order valence-corrected chi connectivity index (χ2v) is 7.62. The Morgan fingerprint density at radius 3 is 2.34 bits per heavy atom. The van der Waals surface area contributed by atoms with E-state index in [0.717, 1.165) is 51.3 Å². The molecule has 2 amide bonds. The lowest BCUT2D eigenvalue weighted by atomic mass is 10.1. The molecule has 2 heterocycles. The maximum absolute atomic E-state index is 12.4. The normalized spacial score (nSPS) is 19.9. The Labute approximate surface area is 171 Å². The first-order valence-corrected chi connectivity index (χ1v) is 10.3. The van der Waals surface area contributed by atoms with E-state index in [1.807, 2.05) is 59.5 Å². The number of carbonyl (C=O) groups is 2. The van der Waals surface area contributed by atoms with E-state index >= 15 is 0 Å². The number of hydrogen-bond donors (Lipinski definition) is 1. The minimum absolute atomic E-state index is 0.107. The third-order valence-corrected chi connectivity index (χ3v) is 5.54. The Kier molecular flexibility index (Phi) is 6.22. The van der Waals surface area contributed by atoms with Crippen molar-refractivity contribution in [1.82, 2.24) is 9.80 Å². The highest BCUT2D eigenvalue weighted by Crippen LogP contribution is 2.17. The molecule has 6 heteroatoms. The number of anilines is 1. The lowest BCUT2D eigenvalue weighted by Gasteiger charge is -2.35. The van der Waals surface area contributed by atoms with Crippen LogP contribution < -0.4 is 5.32 Å². The molecule has 4 rings (SSSR count). The maximum atomic E-state index is 12.4. The van der Waals surface area contributed by atoms with Crippen molar-refractivity contribution in [2.24, 2.45) is 0 Å². The number of piperazine rings is 1. The predicted octanol–water partition coefficient (Wildman–Crippen LogP) is 2.76. The van der Waals surface area contributed by atoms with Crippen LogP contribution in [0.25, 0.3) is 0 Å². The van der Waals surface area contributed by atoms with Crippen LogP contribution in [0.3, 0.4) is 0 Å². The van der Waals surface area contributed by atoms with Gasteiger partial charge in [-0.2, -0.15) is 0 Å². The number of nitrogens with zero attached hydrogens (tertiary/aromatic N) is 2. The van der Waals surface area contributed by atoms with Crippen LogP contribution in [0.2, 0.25) is 0 Å². The van der Waals surface area contributed by atoms with Gasteiger partial charge in [0, 0.05) is 50.6 Å². The van der Waals surface area contributed by atoms with Crippen molar-refractivity contribution in [1.29, 1.82) is 0 Å². The van der Waals surface area contributed by atoms with Crippen LogP contribution in [-0.2, 0) is 16.1 Å². The first-order valence-electron chi connectivity index (χ1n) is 10.3. The molecule has 29 heavy (non-hydrogen) atoms. The number of hydrogen-bond acceptors (Lipinski definition) is 4. The third-order valence-electron chi connectivity index (χ3n) is 5.54. The quantitative estimate of drug-likeness (QED) is 0.849. The molecule has 0 aliphatic carbocycles. The van der Waals surface area contributed by atoms with Gasteiger partial charge in [0.2, 0.25) is 0 Å². The van der Waals surface area contributed by atoms with E-state index in [9.17, 15) is 9.59 Å². The van der Waals surface area contributed by atoms with Crippen LogP contribution in [0.1, 0.15) is 28.8 Å². The molecule has 2 aromatic rings. The predicted molar refractivity (Wildman–Crippen MR) is 112 cm³/mol. The number of benzene rings is 2. The summed E-state index contributed by atoms with van der Waals surface area (Å²) in [5.41, 5.74) is 2.60. The molecular weight excluding hydrogens is 366 g/mol. The average Bonchev–Trinajstić information content (AvgIpc) is 3.30. The topological polar surface area (TPSA) is 61.9 Å². The molecule has 2 fully saturated rings. The largest absolute Gasteiger partial charge is 0.368 e. The van der Waals surface area contributed by atoms with Gasteiger partial charge in [-0.25, -0.2) is 0 Å². The summed E-state index contributed by atoms with van der Waals surface area (Å²) in [4.78, 5) is 29.1. The highest BCUT2D eigenvalue weighted by molar-refractivity contribution is 6.04. The molecule has 2 saturated heterocycles. The van der Waals surface area contributed by atoms with Gasteiger partial charge in [0.25, 0.3) is 11.8 Å². The molecule has 0 spiro atoms. The second kappa shape index (κ2) is 9.20. The summed E-state index contributed by atoms with van der Waals surface area (Å²) < 4.78 is 5.52. The molecular formula is C23H27N3O3. The smallest absolute Gasteiger partial charge is 0.255 e.